The summed E-state index contributed by atoms with van der Waals surface area (Å²) in [6.45, 7) is 0. The zero-order valence-corrected chi connectivity index (χ0v) is 10.1. The van der Waals surface area contributed by atoms with E-state index in [1.54, 1.807) is 0 Å². The van der Waals surface area contributed by atoms with Gasteiger partial charge in [-0.25, -0.2) is 0 Å². The zero-order chi connectivity index (χ0) is 6.97. The van der Waals surface area contributed by atoms with Crippen LogP contribution in [0.15, 0.2) is 29.1 Å². The van der Waals surface area contributed by atoms with Gasteiger partial charge in [0.15, 0.2) is 0 Å². The first-order valence-corrected chi connectivity index (χ1v) is 3.76. The first-order valence-electron chi connectivity index (χ1n) is 2.94. The number of aromatic amines is 1. The SMILES string of the molecule is O=c1[nH]sc2ccccc12.[H-].[K+]. The van der Waals surface area contributed by atoms with Crippen molar-refractivity contribution in [2.45, 2.75) is 0 Å². The second kappa shape index (κ2) is 3.98. The molecule has 1 aromatic carbocycles. The maximum atomic E-state index is 10.9. The standard InChI is InChI=1S/C7H5NOS.K.H/c9-7-5-3-1-2-4-6(5)10-8-7;;/h1-4H,(H,8,9);;/q;+1;-1. The third-order valence-corrected chi connectivity index (χ3v) is 2.25. The van der Waals surface area contributed by atoms with Gasteiger partial charge in [-0.2, -0.15) is 0 Å². The number of hydrogen-bond donors (Lipinski definition) is 1. The number of hydrogen-bond acceptors (Lipinski definition) is 2. The fourth-order valence-corrected chi connectivity index (χ4v) is 1.63. The summed E-state index contributed by atoms with van der Waals surface area (Å²) < 4.78 is 3.68. The molecule has 0 saturated heterocycles. The van der Waals surface area contributed by atoms with Gasteiger partial charge in [-0.05, 0) is 12.1 Å². The average Bonchev–Trinajstić information content (AvgIpc) is 2.34. The van der Waals surface area contributed by atoms with E-state index in [4.69, 9.17) is 0 Å². The molecule has 0 aliphatic carbocycles. The Morgan fingerprint density at radius 1 is 1.36 bits per heavy atom. The largest absolute Gasteiger partial charge is 1.00 e. The number of nitrogens with one attached hydrogen (secondary N) is 1. The number of benzene rings is 1. The molecular formula is C7H6KNOS. The topological polar surface area (TPSA) is 32.9 Å². The van der Waals surface area contributed by atoms with Gasteiger partial charge in [0, 0.05) is 0 Å². The molecule has 2 nitrogen and oxygen atoms in total. The maximum Gasteiger partial charge on any atom is 1.00 e. The van der Waals surface area contributed by atoms with E-state index in [2.05, 4.69) is 4.37 Å². The molecule has 1 aromatic heterocycles. The van der Waals surface area contributed by atoms with Crippen molar-refractivity contribution >= 4 is 21.6 Å². The molecule has 2 rings (SSSR count). The minimum absolute atomic E-state index is 0. The van der Waals surface area contributed by atoms with Crippen molar-refractivity contribution < 1.29 is 52.8 Å². The summed E-state index contributed by atoms with van der Waals surface area (Å²) in [5.41, 5.74) is 0.0144. The van der Waals surface area contributed by atoms with Gasteiger partial charge in [-0.15, -0.1) is 0 Å². The van der Waals surface area contributed by atoms with Crippen molar-refractivity contribution in [2.75, 3.05) is 0 Å². The van der Waals surface area contributed by atoms with Gasteiger partial charge in [-0.3, -0.25) is 9.17 Å². The van der Waals surface area contributed by atoms with Crippen LogP contribution in [0, 0.1) is 0 Å². The van der Waals surface area contributed by atoms with Gasteiger partial charge in [0.25, 0.3) is 5.56 Å². The van der Waals surface area contributed by atoms with Crippen LogP contribution in [0.2, 0.25) is 0 Å². The van der Waals surface area contributed by atoms with E-state index < -0.39 is 0 Å². The van der Waals surface area contributed by atoms with Gasteiger partial charge >= 0.3 is 51.4 Å². The number of rotatable bonds is 0. The summed E-state index contributed by atoms with van der Waals surface area (Å²) in [6, 6.07) is 7.54. The number of fused-ring (bicyclic) bond motifs is 1. The quantitative estimate of drug-likeness (QED) is 0.516. The summed E-state index contributed by atoms with van der Waals surface area (Å²) in [4.78, 5) is 10.9. The Morgan fingerprint density at radius 2 is 2.09 bits per heavy atom. The predicted octanol–water partition coefficient (Wildman–Crippen LogP) is -1.29. The minimum atomic E-state index is 0. The second-order valence-electron chi connectivity index (χ2n) is 2.03. The Labute approximate surface area is 112 Å². The summed E-state index contributed by atoms with van der Waals surface area (Å²) in [5, 5.41) is 0.785. The van der Waals surface area contributed by atoms with Crippen molar-refractivity contribution in [3.05, 3.63) is 34.6 Å². The molecule has 0 radical (unpaired) electrons. The molecule has 0 aliphatic heterocycles. The molecule has 4 heteroatoms. The molecule has 0 fully saturated rings. The van der Waals surface area contributed by atoms with Crippen LogP contribution >= 0.6 is 11.5 Å². The predicted molar refractivity (Wildman–Crippen MR) is 43.6 cm³/mol. The van der Waals surface area contributed by atoms with Crippen LogP contribution in [0.1, 0.15) is 1.43 Å². The van der Waals surface area contributed by atoms with Crippen LogP contribution < -0.4 is 56.9 Å². The van der Waals surface area contributed by atoms with E-state index in [-0.39, 0.29) is 58.4 Å². The Hall–Kier alpha value is 0.546. The molecule has 11 heavy (non-hydrogen) atoms. The monoisotopic (exact) mass is 191 g/mol. The third-order valence-electron chi connectivity index (χ3n) is 1.39. The maximum absolute atomic E-state index is 10.9. The Kier molecular flexibility index (Phi) is 3.48. The summed E-state index contributed by atoms with van der Waals surface area (Å²) >= 11 is 1.38. The molecule has 2 aromatic rings. The van der Waals surface area contributed by atoms with Crippen molar-refractivity contribution in [1.82, 2.24) is 4.37 Å². The van der Waals surface area contributed by atoms with Crippen molar-refractivity contribution in [1.29, 1.82) is 0 Å². The van der Waals surface area contributed by atoms with Gasteiger partial charge in [0.1, 0.15) is 0 Å². The summed E-state index contributed by atoms with van der Waals surface area (Å²) in [7, 11) is 0. The number of aromatic nitrogens is 1. The van der Waals surface area contributed by atoms with E-state index in [1.807, 2.05) is 24.3 Å². The van der Waals surface area contributed by atoms with Crippen molar-refractivity contribution in [2.24, 2.45) is 0 Å². The molecule has 0 amide bonds. The fraction of sp³-hybridized carbons (Fsp3) is 0. The van der Waals surface area contributed by atoms with E-state index in [0.717, 1.165) is 10.1 Å². The molecule has 1 N–H and O–H groups in total. The molecule has 52 valence electrons. The second-order valence-corrected chi connectivity index (χ2v) is 2.88. The van der Waals surface area contributed by atoms with E-state index in [9.17, 15) is 4.79 Å². The Balaban J connectivity index is 0.000000605. The zero-order valence-electron chi connectivity index (χ0n) is 7.13. The average molecular weight is 191 g/mol. The summed E-state index contributed by atoms with van der Waals surface area (Å²) in [6.07, 6.45) is 0. The molecule has 0 atom stereocenters. The van der Waals surface area contributed by atoms with Crippen molar-refractivity contribution in [3.63, 3.8) is 0 Å². The third kappa shape index (κ3) is 1.82. The first-order chi connectivity index (χ1) is 4.88. The van der Waals surface area contributed by atoms with Crippen LogP contribution in [0.5, 0.6) is 0 Å². The van der Waals surface area contributed by atoms with Crippen LogP contribution in [0.3, 0.4) is 0 Å². The molecule has 1 heterocycles. The van der Waals surface area contributed by atoms with Crippen LogP contribution in [-0.2, 0) is 0 Å². The van der Waals surface area contributed by atoms with Gasteiger partial charge < -0.3 is 1.43 Å². The van der Waals surface area contributed by atoms with E-state index in [0.29, 0.717) is 0 Å². The molecule has 0 aliphatic rings. The Morgan fingerprint density at radius 3 is 2.82 bits per heavy atom. The van der Waals surface area contributed by atoms with E-state index in [1.165, 1.54) is 11.5 Å². The number of H-pyrrole nitrogens is 1. The molecule has 0 unspecified atom stereocenters. The molecular weight excluding hydrogens is 185 g/mol. The minimum Gasteiger partial charge on any atom is -1.00 e. The normalized spacial score (nSPS) is 9.45. The summed E-state index contributed by atoms with van der Waals surface area (Å²) in [5.74, 6) is 0. The molecule has 0 spiro atoms. The van der Waals surface area contributed by atoms with Gasteiger partial charge in [-0.1, -0.05) is 23.7 Å². The van der Waals surface area contributed by atoms with Crippen molar-refractivity contribution in [3.8, 4) is 0 Å². The van der Waals surface area contributed by atoms with Crippen LogP contribution in [-0.4, -0.2) is 4.37 Å². The van der Waals surface area contributed by atoms with Gasteiger partial charge in [0.2, 0.25) is 0 Å². The fourth-order valence-electron chi connectivity index (χ4n) is 0.900. The van der Waals surface area contributed by atoms with Crippen LogP contribution in [0.4, 0.5) is 0 Å². The van der Waals surface area contributed by atoms with Crippen LogP contribution in [0.25, 0.3) is 10.1 Å². The first kappa shape index (κ1) is 9.63. The molecule has 0 saturated carbocycles. The Bertz CT molecular complexity index is 411. The smallest absolute Gasteiger partial charge is 1.00 e. The molecule has 0 bridgehead atoms. The van der Waals surface area contributed by atoms with E-state index >= 15 is 0 Å². The van der Waals surface area contributed by atoms with Gasteiger partial charge in [0.05, 0.1) is 10.1 Å².